The fraction of sp³-hybridized carbons (Fsp3) is 0.647. The van der Waals surface area contributed by atoms with Crippen LogP contribution in [-0.4, -0.2) is 44.7 Å². The zero-order valence-electron chi connectivity index (χ0n) is 13.7. The van der Waals surface area contributed by atoms with Crippen LogP contribution in [-0.2, 0) is 5.41 Å². The number of methoxy groups -OCH3 is 1. The van der Waals surface area contributed by atoms with E-state index in [0.29, 0.717) is 12.1 Å². The highest BCUT2D eigenvalue weighted by Gasteiger charge is 2.43. The monoisotopic (exact) mass is 276 g/mol. The maximum atomic E-state index is 5.43. The van der Waals surface area contributed by atoms with E-state index in [9.17, 15) is 0 Å². The molecule has 3 heteroatoms. The van der Waals surface area contributed by atoms with Crippen molar-refractivity contribution in [3.63, 3.8) is 0 Å². The van der Waals surface area contributed by atoms with E-state index in [1.54, 1.807) is 7.11 Å². The Kier molecular flexibility index (Phi) is 4.40. The smallest absolute Gasteiger partial charge is 0.119 e. The third-order valence-corrected chi connectivity index (χ3v) is 5.22. The number of ether oxygens (including phenoxy) is 1. The first-order valence-electron chi connectivity index (χ1n) is 7.46. The molecule has 1 fully saturated rings. The van der Waals surface area contributed by atoms with Crippen molar-refractivity contribution in [1.82, 2.24) is 10.2 Å². The summed E-state index contributed by atoms with van der Waals surface area (Å²) >= 11 is 0. The number of hydrogen-bond donors (Lipinski definition) is 1. The molecule has 1 heterocycles. The number of hydrogen-bond acceptors (Lipinski definition) is 3. The van der Waals surface area contributed by atoms with Crippen LogP contribution < -0.4 is 10.1 Å². The summed E-state index contributed by atoms with van der Waals surface area (Å²) < 4.78 is 5.43. The largest absolute Gasteiger partial charge is 0.497 e. The van der Waals surface area contributed by atoms with Crippen LogP contribution in [0.4, 0.5) is 0 Å². The Hall–Kier alpha value is -1.06. The lowest BCUT2D eigenvalue weighted by Gasteiger charge is -2.50. The summed E-state index contributed by atoms with van der Waals surface area (Å²) in [6, 6.07) is 7.40. The Morgan fingerprint density at radius 1 is 1.40 bits per heavy atom. The van der Waals surface area contributed by atoms with Gasteiger partial charge in [-0.15, -0.1) is 0 Å². The van der Waals surface area contributed by atoms with Crippen LogP contribution >= 0.6 is 0 Å². The number of likely N-dealkylation sites (tertiary alicyclic amines) is 1. The first kappa shape index (κ1) is 15.3. The molecule has 0 bridgehead atoms. The average molecular weight is 276 g/mol. The van der Waals surface area contributed by atoms with Gasteiger partial charge in [-0.05, 0) is 64.2 Å². The fourth-order valence-electron chi connectivity index (χ4n) is 3.76. The minimum absolute atomic E-state index is 0.138. The van der Waals surface area contributed by atoms with Gasteiger partial charge in [-0.25, -0.2) is 0 Å². The Balaban J connectivity index is 2.47. The molecule has 1 unspecified atom stereocenters. The van der Waals surface area contributed by atoms with Gasteiger partial charge in [-0.3, -0.25) is 0 Å². The van der Waals surface area contributed by atoms with Crippen molar-refractivity contribution in [2.24, 2.45) is 0 Å². The predicted molar refractivity (Wildman–Crippen MR) is 84.6 cm³/mol. The number of nitrogens with one attached hydrogen (secondary N) is 1. The highest BCUT2D eigenvalue weighted by molar-refractivity contribution is 5.41. The third kappa shape index (κ3) is 2.45. The molecule has 0 amide bonds. The molecular weight excluding hydrogens is 248 g/mol. The molecule has 112 valence electrons. The summed E-state index contributed by atoms with van der Waals surface area (Å²) in [6.45, 7) is 8.04. The van der Waals surface area contributed by atoms with Gasteiger partial charge in [0.1, 0.15) is 5.75 Å². The summed E-state index contributed by atoms with van der Waals surface area (Å²) in [4.78, 5) is 2.44. The maximum Gasteiger partial charge on any atom is 0.119 e. The summed E-state index contributed by atoms with van der Waals surface area (Å²) in [5.74, 6) is 0.952. The van der Waals surface area contributed by atoms with E-state index in [1.807, 2.05) is 0 Å². The molecule has 1 aromatic carbocycles. The van der Waals surface area contributed by atoms with Crippen molar-refractivity contribution in [1.29, 1.82) is 0 Å². The summed E-state index contributed by atoms with van der Waals surface area (Å²) in [6.07, 6.45) is 1.16. The SMILES string of the molecule is CN[C@H]1C(C)N(C)CC[C@]1(C)c1cc(OC)ccc1C. The maximum absolute atomic E-state index is 5.43. The van der Waals surface area contributed by atoms with E-state index < -0.39 is 0 Å². The van der Waals surface area contributed by atoms with Crippen LogP contribution in [0.15, 0.2) is 18.2 Å². The van der Waals surface area contributed by atoms with Gasteiger partial charge < -0.3 is 15.0 Å². The van der Waals surface area contributed by atoms with Crippen molar-refractivity contribution in [3.8, 4) is 5.75 Å². The van der Waals surface area contributed by atoms with E-state index in [1.165, 1.54) is 11.1 Å². The van der Waals surface area contributed by atoms with E-state index in [0.717, 1.165) is 18.7 Å². The molecule has 20 heavy (non-hydrogen) atoms. The molecule has 1 aromatic rings. The van der Waals surface area contributed by atoms with Crippen molar-refractivity contribution < 1.29 is 4.74 Å². The van der Waals surface area contributed by atoms with Gasteiger partial charge in [0.05, 0.1) is 7.11 Å². The van der Waals surface area contributed by atoms with Crippen LogP contribution in [0.5, 0.6) is 5.75 Å². The lowest BCUT2D eigenvalue weighted by Crippen LogP contribution is -2.61. The second kappa shape index (κ2) is 5.74. The highest BCUT2D eigenvalue weighted by Crippen LogP contribution is 2.40. The summed E-state index contributed by atoms with van der Waals surface area (Å²) in [7, 11) is 6.03. The molecule has 0 radical (unpaired) electrons. The number of aryl methyl sites for hydroxylation is 1. The van der Waals surface area contributed by atoms with Crippen molar-refractivity contribution >= 4 is 0 Å². The van der Waals surface area contributed by atoms with Gasteiger partial charge in [-0.2, -0.15) is 0 Å². The molecule has 2 rings (SSSR count). The molecule has 1 aliphatic rings. The van der Waals surface area contributed by atoms with E-state index in [4.69, 9.17) is 4.74 Å². The van der Waals surface area contributed by atoms with Crippen molar-refractivity contribution in [2.75, 3.05) is 27.7 Å². The molecule has 0 aliphatic carbocycles. The molecule has 3 nitrogen and oxygen atoms in total. The van der Waals surface area contributed by atoms with Gasteiger partial charge in [0.25, 0.3) is 0 Å². The van der Waals surface area contributed by atoms with Gasteiger partial charge in [0.2, 0.25) is 0 Å². The lowest BCUT2D eigenvalue weighted by atomic mass is 9.67. The number of rotatable bonds is 3. The van der Waals surface area contributed by atoms with Crippen LogP contribution in [0.25, 0.3) is 0 Å². The van der Waals surface area contributed by atoms with Crippen LogP contribution in [0.1, 0.15) is 31.4 Å². The normalized spacial score (nSPS) is 31.3. The summed E-state index contributed by atoms with van der Waals surface area (Å²) in [5.41, 5.74) is 2.90. The standard InChI is InChI=1S/C17H28N2O/c1-12-7-8-14(20-6)11-15(12)17(3)9-10-19(5)13(2)16(17)18-4/h7-8,11,13,16,18H,9-10H2,1-6H3/t13?,16-,17+/m0/s1. The molecule has 0 saturated carbocycles. The van der Waals surface area contributed by atoms with Gasteiger partial charge >= 0.3 is 0 Å². The van der Waals surface area contributed by atoms with Crippen molar-refractivity contribution in [2.45, 2.75) is 44.7 Å². The Morgan fingerprint density at radius 3 is 2.70 bits per heavy atom. The second-order valence-corrected chi connectivity index (χ2v) is 6.34. The molecule has 0 aromatic heterocycles. The zero-order valence-corrected chi connectivity index (χ0v) is 13.7. The first-order chi connectivity index (χ1) is 9.43. The number of piperidine rings is 1. The third-order valence-electron chi connectivity index (χ3n) is 5.22. The van der Waals surface area contributed by atoms with Gasteiger partial charge in [0, 0.05) is 17.5 Å². The minimum Gasteiger partial charge on any atom is -0.497 e. The fourth-order valence-corrected chi connectivity index (χ4v) is 3.76. The van der Waals surface area contributed by atoms with Gasteiger partial charge in [-0.1, -0.05) is 13.0 Å². The van der Waals surface area contributed by atoms with Crippen LogP contribution in [0.3, 0.4) is 0 Å². The minimum atomic E-state index is 0.138. The van der Waals surface area contributed by atoms with Gasteiger partial charge in [0.15, 0.2) is 0 Å². The van der Waals surface area contributed by atoms with Crippen molar-refractivity contribution in [3.05, 3.63) is 29.3 Å². The first-order valence-corrected chi connectivity index (χ1v) is 7.46. The Morgan fingerprint density at radius 2 is 2.10 bits per heavy atom. The van der Waals surface area contributed by atoms with Crippen LogP contribution in [0, 0.1) is 6.92 Å². The molecule has 0 spiro atoms. The summed E-state index contributed by atoms with van der Waals surface area (Å²) in [5, 5.41) is 3.56. The number of nitrogens with zero attached hydrogens (tertiary/aromatic N) is 1. The Bertz CT molecular complexity index is 474. The predicted octanol–water partition coefficient (Wildman–Crippen LogP) is 2.57. The quantitative estimate of drug-likeness (QED) is 0.918. The Labute approximate surface area is 123 Å². The van der Waals surface area contributed by atoms with E-state index >= 15 is 0 Å². The molecule has 1 saturated heterocycles. The van der Waals surface area contributed by atoms with E-state index in [2.05, 4.69) is 63.3 Å². The second-order valence-electron chi connectivity index (χ2n) is 6.34. The van der Waals surface area contributed by atoms with Crippen LogP contribution in [0.2, 0.25) is 0 Å². The lowest BCUT2D eigenvalue weighted by molar-refractivity contribution is 0.0930. The molecule has 3 atom stereocenters. The average Bonchev–Trinajstić information content (AvgIpc) is 2.44. The number of likely N-dealkylation sites (N-methyl/N-ethyl adjacent to an activating group) is 2. The molecular formula is C17H28N2O. The molecule has 1 aliphatic heterocycles. The molecule has 1 N–H and O–H groups in total. The zero-order chi connectivity index (χ0) is 14.9. The highest BCUT2D eigenvalue weighted by atomic mass is 16.5. The topological polar surface area (TPSA) is 24.5 Å². The van der Waals surface area contributed by atoms with E-state index in [-0.39, 0.29) is 5.41 Å². The number of benzene rings is 1.